The zero-order chi connectivity index (χ0) is 17.7. The van der Waals surface area contributed by atoms with Crippen LogP contribution in [0.2, 0.25) is 0 Å². The Hall–Kier alpha value is -2.55. The van der Waals surface area contributed by atoms with Crippen LogP contribution >= 0.6 is 0 Å². The molecule has 0 amide bonds. The Bertz CT molecular complexity index is 719. The average Bonchev–Trinajstić information content (AvgIpc) is 2.59. The van der Waals surface area contributed by atoms with E-state index in [9.17, 15) is 14.4 Å². The summed E-state index contributed by atoms with van der Waals surface area (Å²) in [5, 5.41) is 0. The van der Waals surface area contributed by atoms with Crippen LogP contribution in [0.3, 0.4) is 0 Å². The highest BCUT2D eigenvalue weighted by Crippen LogP contribution is 2.25. The smallest absolute Gasteiger partial charge is 0.225 e. The largest absolute Gasteiger partial charge is 0.303 e. The molecule has 0 bridgehead atoms. The molecule has 0 radical (unpaired) electrons. The Kier molecular flexibility index (Phi) is 5.45. The second-order valence-electron chi connectivity index (χ2n) is 7.00. The van der Waals surface area contributed by atoms with Crippen LogP contribution in [0.15, 0.2) is 48.5 Å². The van der Waals surface area contributed by atoms with Gasteiger partial charge in [0.25, 0.3) is 0 Å². The molecule has 0 N–H and O–H groups in total. The Morgan fingerprint density at radius 2 is 1.54 bits per heavy atom. The second-order valence-corrected chi connectivity index (χ2v) is 7.00. The summed E-state index contributed by atoms with van der Waals surface area (Å²) in [6, 6.07) is 15.0. The van der Waals surface area contributed by atoms with Crippen molar-refractivity contribution in [3.63, 3.8) is 0 Å². The molecule has 0 aromatic heterocycles. The Morgan fingerprint density at radius 1 is 0.958 bits per heavy atom. The third-order valence-corrected chi connectivity index (χ3v) is 4.17. The number of ketones is 1. The van der Waals surface area contributed by atoms with Gasteiger partial charge >= 0.3 is 0 Å². The van der Waals surface area contributed by atoms with E-state index in [1.165, 1.54) is 5.56 Å². The van der Waals surface area contributed by atoms with Crippen LogP contribution < -0.4 is 0 Å². The number of Topliss-reactive ketones (excluding diaryl/α,β-unsaturated/α-hetero) is 1. The van der Waals surface area contributed by atoms with Gasteiger partial charge in [0, 0.05) is 11.5 Å². The van der Waals surface area contributed by atoms with Gasteiger partial charge in [0.1, 0.15) is 6.29 Å². The maximum Gasteiger partial charge on any atom is 0.225 e. The third-order valence-electron chi connectivity index (χ3n) is 4.17. The summed E-state index contributed by atoms with van der Waals surface area (Å²) in [5.41, 5.74) is 3.61. The summed E-state index contributed by atoms with van der Waals surface area (Å²) in [5.74, 6) is -0.766. The van der Waals surface area contributed by atoms with E-state index < -0.39 is 5.78 Å². The lowest BCUT2D eigenvalue weighted by Gasteiger charge is -2.20. The maximum absolute atomic E-state index is 11.5. The van der Waals surface area contributed by atoms with E-state index in [1.807, 2.05) is 12.1 Å². The maximum atomic E-state index is 11.5. The normalized spacial score (nSPS) is 12.5. The van der Waals surface area contributed by atoms with Crippen molar-refractivity contribution in [1.29, 1.82) is 0 Å². The quantitative estimate of drug-likeness (QED) is 0.460. The molecule has 2 rings (SSSR count). The molecule has 0 fully saturated rings. The highest BCUT2D eigenvalue weighted by molar-refractivity contribution is 6.33. The average molecular weight is 322 g/mol. The van der Waals surface area contributed by atoms with Gasteiger partial charge in [-0.2, -0.15) is 0 Å². The van der Waals surface area contributed by atoms with Gasteiger partial charge in [-0.05, 0) is 28.5 Å². The minimum Gasteiger partial charge on any atom is -0.303 e. The van der Waals surface area contributed by atoms with E-state index in [0.717, 1.165) is 17.4 Å². The van der Waals surface area contributed by atoms with Gasteiger partial charge in [-0.3, -0.25) is 9.59 Å². The summed E-state index contributed by atoms with van der Waals surface area (Å²) >= 11 is 0. The van der Waals surface area contributed by atoms with Crippen LogP contribution in [0.25, 0.3) is 0 Å². The van der Waals surface area contributed by atoms with Crippen molar-refractivity contribution in [2.75, 3.05) is 0 Å². The molecule has 2 aromatic carbocycles. The van der Waals surface area contributed by atoms with Gasteiger partial charge in [0.2, 0.25) is 5.78 Å². The van der Waals surface area contributed by atoms with Crippen molar-refractivity contribution in [3.8, 4) is 0 Å². The number of rotatable bonds is 6. The molecule has 3 nitrogen and oxygen atoms in total. The fraction of sp³-hybridized carbons (Fsp3) is 0.286. The fourth-order valence-corrected chi connectivity index (χ4v) is 2.60. The van der Waals surface area contributed by atoms with E-state index in [1.54, 1.807) is 24.3 Å². The predicted molar refractivity (Wildman–Crippen MR) is 94.5 cm³/mol. The summed E-state index contributed by atoms with van der Waals surface area (Å²) in [6.07, 6.45) is 1.82. The van der Waals surface area contributed by atoms with Crippen molar-refractivity contribution in [2.45, 2.75) is 38.5 Å². The molecule has 0 heterocycles. The van der Waals surface area contributed by atoms with Crippen molar-refractivity contribution in [2.24, 2.45) is 0 Å². The molecule has 0 aliphatic heterocycles. The Balaban J connectivity index is 2.16. The fourth-order valence-electron chi connectivity index (χ4n) is 2.60. The second kappa shape index (κ2) is 7.35. The molecule has 0 saturated carbocycles. The molecule has 0 aliphatic carbocycles. The van der Waals surface area contributed by atoms with Gasteiger partial charge in [0.15, 0.2) is 6.29 Å². The van der Waals surface area contributed by atoms with Crippen molar-refractivity contribution in [1.82, 2.24) is 0 Å². The molecule has 124 valence electrons. The summed E-state index contributed by atoms with van der Waals surface area (Å²) < 4.78 is 0. The molecular weight excluding hydrogens is 300 g/mol. The standard InChI is InChI=1S/C21H22O3/c1-21(2,3)19-10-8-16(9-11-19)18(13-22)12-15-4-6-17(7-5-15)20(24)14-23/h4-11,13-14,18H,12H2,1-3H3. The molecular formula is C21H22O3. The van der Waals surface area contributed by atoms with E-state index in [0.29, 0.717) is 18.3 Å². The van der Waals surface area contributed by atoms with E-state index >= 15 is 0 Å². The van der Waals surface area contributed by atoms with Crippen LogP contribution in [0.5, 0.6) is 0 Å². The zero-order valence-electron chi connectivity index (χ0n) is 14.3. The van der Waals surface area contributed by atoms with Crippen LogP contribution in [-0.4, -0.2) is 18.4 Å². The molecule has 24 heavy (non-hydrogen) atoms. The zero-order valence-corrected chi connectivity index (χ0v) is 14.3. The first-order valence-electron chi connectivity index (χ1n) is 7.99. The van der Waals surface area contributed by atoms with E-state index in [-0.39, 0.29) is 11.3 Å². The van der Waals surface area contributed by atoms with Gasteiger partial charge in [-0.1, -0.05) is 69.3 Å². The minimum atomic E-state index is -0.536. The SMILES string of the molecule is CC(C)(C)c1ccc(C(C=O)Cc2ccc(C(=O)C=O)cc2)cc1. The molecule has 0 aliphatic rings. The summed E-state index contributed by atoms with van der Waals surface area (Å²) in [7, 11) is 0. The molecule has 0 spiro atoms. The topological polar surface area (TPSA) is 51.2 Å². The van der Waals surface area contributed by atoms with Crippen molar-refractivity contribution >= 4 is 18.4 Å². The highest BCUT2D eigenvalue weighted by atomic mass is 16.2. The lowest BCUT2D eigenvalue weighted by Crippen LogP contribution is -2.11. The predicted octanol–water partition coefficient (Wildman–Crippen LogP) is 3.89. The highest BCUT2D eigenvalue weighted by Gasteiger charge is 2.16. The van der Waals surface area contributed by atoms with Gasteiger partial charge in [-0.15, -0.1) is 0 Å². The van der Waals surface area contributed by atoms with Gasteiger partial charge < -0.3 is 4.79 Å². The van der Waals surface area contributed by atoms with Crippen molar-refractivity contribution < 1.29 is 14.4 Å². The first-order chi connectivity index (χ1) is 11.3. The third kappa shape index (κ3) is 4.25. The first kappa shape index (κ1) is 17.8. The molecule has 2 aromatic rings. The number of benzene rings is 2. The minimum absolute atomic E-state index is 0.0795. The number of aldehydes is 2. The van der Waals surface area contributed by atoms with Crippen molar-refractivity contribution in [3.05, 3.63) is 70.8 Å². The van der Waals surface area contributed by atoms with Crippen LogP contribution in [0, 0.1) is 0 Å². The number of hydrogen-bond donors (Lipinski definition) is 0. The lowest BCUT2D eigenvalue weighted by molar-refractivity contribution is -0.109. The van der Waals surface area contributed by atoms with E-state index in [4.69, 9.17) is 0 Å². The molecule has 0 saturated heterocycles. The van der Waals surface area contributed by atoms with E-state index in [2.05, 4.69) is 32.9 Å². The monoisotopic (exact) mass is 322 g/mol. The number of hydrogen-bond acceptors (Lipinski definition) is 3. The number of carbonyl (C=O) groups excluding carboxylic acids is 3. The lowest BCUT2D eigenvalue weighted by atomic mass is 9.85. The van der Waals surface area contributed by atoms with Crippen LogP contribution in [-0.2, 0) is 21.4 Å². The number of carbonyl (C=O) groups is 3. The van der Waals surface area contributed by atoms with Crippen LogP contribution in [0.4, 0.5) is 0 Å². The Labute approximate surface area is 142 Å². The summed E-state index contributed by atoms with van der Waals surface area (Å²) in [6.45, 7) is 6.46. The first-order valence-corrected chi connectivity index (χ1v) is 7.99. The molecule has 1 atom stereocenters. The van der Waals surface area contributed by atoms with Gasteiger partial charge in [0.05, 0.1) is 0 Å². The van der Waals surface area contributed by atoms with Gasteiger partial charge in [-0.25, -0.2) is 0 Å². The molecule has 1 unspecified atom stereocenters. The van der Waals surface area contributed by atoms with Crippen LogP contribution in [0.1, 0.15) is 53.7 Å². The summed E-state index contributed by atoms with van der Waals surface area (Å²) in [4.78, 5) is 33.3. The molecule has 3 heteroatoms. The Morgan fingerprint density at radius 3 is 2.00 bits per heavy atom.